The molecule has 0 saturated carbocycles. The molecule has 1 amide bonds. The summed E-state index contributed by atoms with van der Waals surface area (Å²) >= 11 is 0. The van der Waals surface area contributed by atoms with E-state index in [0.29, 0.717) is 0 Å². The number of ketones is 1. The Morgan fingerprint density at radius 2 is 1.88 bits per heavy atom. The minimum absolute atomic E-state index is 0.0146. The third-order valence-corrected chi connectivity index (χ3v) is 2.75. The van der Waals surface area contributed by atoms with Crippen LogP contribution >= 0.6 is 0 Å². The van der Waals surface area contributed by atoms with E-state index in [1.807, 2.05) is 30.3 Å². The van der Waals surface area contributed by atoms with E-state index in [-0.39, 0.29) is 17.9 Å². The molecule has 1 fully saturated rings. The first-order valence-corrected chi connectivity index (χ1v) is 5.08. The van der Waals surface area contributed by atoms with Crippen molar-refractivity contribution in [3.05, 3.63) is 35.9 Å². The third kappa shape index (κ3) is 1.66. The molecular formula is C12H13NO3. The van der Waals surface area contributed by atoms with E-state index >= 15 is 0 Å². The molecule has 0 aromatic heterocycles. The zero-order valence-electron chi connectivity index (χ0n) is 9.21. The molecule has 16 heavy (non-hydrogen) atoms. The molecule has 1 heterocycles. The number of carbonyl (C=O) groups excluding carboxylic acids is 2. The number of amides is 1. The van der Waals surface area contributed by atoms with Crippen molar-refractivity contribution in [2.45, 2.75) is 19.0 Å². The van der Waals surface area contributed by atoms with Gasteiger partial charge in [0.1, 0.15) is 6.04 Å². The molecule has 2 rings (SSSR count). The van der Waals surface area contributed by atoms with Crippen LogP contribution in [0.1, 0.15) is 18.5 Å². The molecule has 0 bridgehead atoms. The van der Waals surface area contributed by atoms with Gasteiger partial charge in [0.2, 0.25) is 0 Å². The smallest absolute Gasteiger partial charge is 0.410 e. The summed E-state index contributed by atoms with van der Waals surface area (Å²) in [5.41, 5.74) is 0.966. The summed E-state index contributed by atoms with van der Waals surface area (Å²) in [5, 5.41) is 0. The van der Waals surface area contributed by atoms with E-state index in [1.165, 1.54) is 18.9 Å². The Hall–Kier alpha value is -1.84. The quantitative estimate of drug-likeness (QED) is 0.712. The molecule has 1 aliphatic heterocycles. The average molecular weight is 219 g/mol. The van der Waals surface area contributed by atoms with Crippen LogP contribution in [0.15, 0.2) is 30.3 Å². The molecule has 1 saturated heterocycles. The van der Waals surface area contributed by atoms with Crippen LogP contribution in [0.25, 0.3) is 0 Å². The Labute approximate surface area is 93.8 Å². The zero-order chi connectivity index (χ0) is 11.7. The topological polar surface area (TPSA) is 46.4 Å². The van der Waals surface area contributed by atoms with E-state index in [2.05, 4.69) is 4.74 Å². The largest absolute Gasteiger partial charge is 0.453 e. The summed E-state index contributed by atoms with van der Waals surface area (Å²) in [4.78, 5) is 24.3. The van der Waals surface area contributed by atoms with Gasteiger partial charge in [-0.2, -0.15) is 0 Å². The maximum atomic E-state index is 11.4. The monoisotopic (exact) mass is 219 g/mol. The molecule has 84 valence electrons. The number of hydrogen-bond donors (Lipinski definition) is 0. The van der Waals surface area contributed by atoms with Gasteiger partial charge >= 0.3 is 6.09 Å². The number of Topliss-reactive ketones (excluding diaryl/α,β-unsaturated/α-hetero) is 1. The molecule has 1 aromatic carbocycles. The Bertz CT molecular complexity index is 416. The van der Waals surface area contributed by atoms with Gasteiger partial charge in [0.25, 0.3) is 0 Å². The molecule has 1 aromatic rings. The van der Waals surface area contributed by atoms with Crippen LogP contribution in [-0.4, -0.2) is 29.9 Å². The first-order chi connectivity index (χ1) is 7.66. The van der Waals surface area contributed by atoms with Crippen molar-refractivity contribution in [2.24, 2.45) is 0 Å². The molecule has 0 radical (unpaired) electrons. The predicted octanol–water partition coefficient (Wildman–Crippen LogP) is 1.77. The van der Waals surface area contributed by atoms with Crippen LogP contribution < -0.4 is 0 Å². The van der Waals surface area contributed by atoms with Gasteiger partial charge in [0.05, 0.1) is 13.2 Å². The number of benzene rings is 1. The third-order valence-electron chi connectivity index (χ3n) is 2.75. The van der Waals surface area contributed by atoms with Crippen LogP contribution in [0.4, 0.5) is 4.79 Å². The fraction of sp³-hybridized carbons (Fsp3) is 0.333. The van der Waals surface area contributed by atoms with Crippen molar-refractivity contribution < 1.29 is 14.3 Å². The van der Waals surface area contributed by atoms with Crippen LogP contribution in [0.2, 0.25) is 0 Å². The normalized spacial score (nSPS) is 22.8. The number of ether oxygens (including phenoxy) is 1. The standard InChI is InChI=1S/C12H13NO3/c1-8(14)10-11(13(10)12(15)16-2)9-6-4-3-5-7-9/h3-7,10-11H,1-2H3/t10-,11-,13?/m1/s1. The number of hydrogen-bond acceptors (Lipinski definition) is 3. The first-order valence-electron chi connectivity index (χ1n) is 5.08. The molecule has 4 nitrogen and oxygen atoms in total. The second kappa shape index (κ2) is 3.96. The van der Waals surface area contributed by atoms with Gasteiger partial charge in [-0.25, -0.2) is 4.79 Å². The van der Waals surface area contributed by atoms with Gasteiger partial charge in [-0.3, -0.25) is 9.69 Å². The van der Waals surface area contributed by atoms with Crippen molar-refractivity contribution >= 4 is 11.9 Å². The van der Waals surface area contributed by atoms with E-state index < -0.39 is 6.09 Å². The highest BCUT2D eigenvalue weighted by molar-refractivity contribution is 5.92. The second-order valence-corrected chi connectivity index (χ2v) is 3.79. The Morgan fingerprint density at radius 3 is 2.38 bits per heavy atom. The van der Waals surface area contributed by atoms with Crippen molar-refractivity contribution in [3.63, 3.8) is 0 Å². The lowest BCUT2D eigenvalue weighted by atomic mass is 10.1. The number of rotatable bonds is 2. The highest BCUT2D eigenvalue weighted by atomic mass is 16.5. The van der Waals surface area contributed by atoms with Crippen LogP contribution in [-0.2, 0) is 9.53 Å². The molecule has 0 spiro atoms. The molecule has 4 heteroatoms. The van der Waals surface area contributed by atoms with E-state index in [9.17, 15) is 9.59 Å². The highest BCUT2D eigenvalue weighted by Crippen LogP contribution is 2.43. The van der Waals surface area contributed by atoms with E-state index in [0.717, 1.165) is 5.56 Å². The fourth-order valence-corrected chi connectivity index (χ4v) is 1.98. The average Bonchev–Trinajstić information content (AvgIpc) is 3.04. The molecule has 0 aliphatic carbocycles. The summed E-state index contributed by atoms with van der Waals surface area (Å²) in [5.74, 6) is -0.0146. The van der Waals surface area contributed by atoms with Gasteiger partial charge in [-0.15, -0.1) is 0 Å². The maximum Gasteiger partial charge on any atom is 0.410 e. The van der Waals surface area contributed by atoms with Crippen LogP contribution in [0.3, 0.4) is 0 Å². The maximum absolute atomic E-state index is 11.4. The van der Waals surface area contributed by atoms with Crippen molar-refractivity contribution in [1.29, 1.82) is 0 Å². The summed E-state index contributed by atoms with van der Waals surface area (Å²) in [6, 6.07) is 8.96. The molecule has 1 aliphatic rings. The van der Waals surface area contributed by atoms with Crippen LogP contribution in [0.5, 0.6) is 0 Å². The summed E-state index contributed by atoms with van der Waals surface area (Å²) in [7, 11) is 1.32. The van der Waals surface area contributed by atoms with Crippen molar-refractivity contribution in [3.8, 4) is 0 Å². The van der Waals surface area contributed by atoms with E-state index in [1.54, 1.807) is 0 Å². The highest BCUT2D eigenvalue weighted by Gasteiger charge is 2.55. The summed E-state index contributed by atoms with van der Waals surface area (Å²) in [6.07, 6.45) is -0.450. The van der Waals surface area contributed by atoms with Gasteiger partial charge < -0.3 is 4.74 Å². The first kappa shape index (κ1) is 10.7. The van der Waals surface area contributed by atoms with Crippen molar-refractivity contribution in [2.75, 3.05) is 7.11 Å². The Morgan fingerprint density at radius 1 is 1.25 bits per heavy atom. The van der Waals surface area contributed by atoms with Gasteiger partial charge in [-0.05, 0) is 12.5 Å². The molecule has 0 N–H and O–H groups in total. The Kier molecular flexibility index (Phi) is 2.64. The number of nitrogens with zero attached hydrogens (tertiary/aromatic N) is 1. The minimum atomic E-state index is -0.450. The lowest BCUT2D eigenvalue weighted by Gasteiger charge is -2.01. The number of methoxy groups -OCH3 is 1. The molecule has 0 unspecified atom stereocenters. The van der Waals surface area contributed by atoms with E-state index in [4.69, 9.17) is 0 Å². The van der Waals surface area contributed by atoms with Crippen LogP contribution in [0, 0.1) is 0 Å². The number of carbonyl (C=O) groups is 2. The lowest BCUT2D eigenvalue weighted by molar-refractivity contribution is -0.117. The Balaban J connectivity index is 2.23. The SMILES string of the molecule is COC(=O)N1[C@H](C(C)=O)[C@H]1c1ccccc1. The van der Waals surface area contributed by atoms with Gasteiger partial charge in [0.15, 0.2) is 5.78 Å². The summed E-state index contributed by atoms with van der Waals surface area (Å²) < 4.78 is 4.64. The second-order valence-electron chi connectivity index (χ2n) is 3.79. The zero-order valence-corrected chi connectivity index (χ0v) is 9.21. The summed E-state index contributed by atoms with van der Waals surface area (Å²) in [6.45, 7) is 1.49. The van der Waals surface area contributed by atoms with Crippen molar-refractivity contribution in [1.82, 2.24) is 4.90 Å². The predicted molar refractivity (Wildman–Crippen MR) is 57.9 cm³/mol. The van der Waals surface area contributed by atoms with Gasteiger partial charge in [-0.1, -0.05) is 30.3 Å². The minimum Gasteiger partial charge on any atom is -0.453 e. The fourth-order valence-electron chi connectivity index (χ4n) is 1.98. The molecular weight excluding hydrogens is 206 g/mol. The van der Waals surface area contributed by atoms with Gasteiger partial charge in [0, 0.05) is 0 Å². The lowest BCUT2D eigenvalue weighted by Crippen LogP contribution is -2.16. The molecule has 2 atom stereocenters.